The van der Waals surface area contributed by atoms with Crippen molar-refractivity contribution < 1.29 is 14.1 Å². The normalized spacial score (nSPS) is 26.3. The second-order valence-electron chi connectivity index (χ2n) is 7.72. The minimum absolute atomic E-state index is 0.00973. The van der Waals surface area contributed by atoms with Crippen LogP contribution in [0.2, 0.25) is 0 Å². The van der Waals surface area contributed by atoms with E-state index < -0.39 is 0 Å². The van der Waals surface area contributed by atoms with Crippen LogP contribution in [0.4, 0.5) is 10.1 Å². The molecule has 1 aliphatic heterocycles. The number of piperazine rings is 1. The number of quaternary nitrogens is 1. The molecule has 25 heavy (non-hydrogen) atoms. The minimum Gasteiger partial charge on any atom is -0.360 e. The van der Waals surface area contributed by atoms with Gasteiger partial charge in [0.25, 0.3) is 5.91 Å². The highest BCUT2D eigenvalue weighted by molar-refractivity contribution is 5.80. The molecule has 1 saturated heterocycles. The fraction of sp³-hybridized carbons (Fsp3) is 0.650. The van der Waals surface area contributed by atoms with Crippen molar-refractivity contribution in [2.75, 3.05) is 31.1 Å². The summed E-state index contributed by atoms with van der Waals surface area (Å²) >= 11 is 0. The average Bonchev–Trinajstić information content (AvgIpc) is 2.64. The molecule has 2 fully saturated rings. The van der Waals surface area contributed by atoms with E-state index in [1.165, 1.54) is 36.3 Å². The molecule has 1 aliphatic carbocycles. The van der Waals surface area contributed by atoms with E-state index in [2.05, 4.69) is 17.1 Å². The Morgan fingerprint density at radius 3 is 2.48 bits per heavy atom. The van der Waals surface area contributed by atoms with Crippen molar-refractivity contribution in [3.63, 3.8) is 0 Å². The maximum Gasteiger partial charge on any atom is 0.278 e. The van der Waals surface area contributed by atoms with Crippen LogP contribution in [0.3, 0.4) is 0 Å². The first-order chi connectivity index (χ1) is 12.0. The lowest BCUT2D eigenvalue weighted by Gasteiger charge is -2.37. The van der Waals surface area contributed by atoms with Gasteiger partial charge in [0.2, 0.25) is 0 Å². The van der Waals surface area contributed by atoms with Gasteiger partial charge in [-0.3, -0.25) is 4.79 Å². The zero-order valence-corrected chi connectivity index (χ0v) is 15.4. The predicted octanol–water partition coefficient (Wildman–Crippen LogP) is 1.61. The van der Waals surface area contributed by atoms with E-state index in [1.807, 2.05) is 19.1 Å². The lowest BCUT2D eigenvalue weighted by molar-refractivity contribution is -0.914. The number of hydrogen-bond acceptors (Lipinski definition) is 2. The summed E-state index contributed by atoms with van der Waals surface area (Å²) in [6.45, 7) is 7.98. The van der Waals surface area contributed by atoms with E-state index in [0.29, 0.717) is 12.0 Å². The molecule has 5 heteroatoms. The zero-order chi connectivity index (χ0) is 17.8. The van der Waals surface area contributed by atoms with Crippen LogP contribution < -0.4 is 15.1 Å². The van der Waals surface area contributed by atoms with Crippen LogP contribution in [-0.2, 0) is 4.79 Å². The molecule has 1 heterocycles. The number of carbonyl (C=O) groups excluding carboxylic acids is 1. The second-order valence-corrected chi connectivity index (χ2v) is 7.72. The van der Waals surface area contributed by atoms with Crippen LogP contribution in [0.1, 0.15) is 39.5 Å². The van der Waals surface area contributed by atoms with Crippen molar-refractivity contribution in [1.29, 1.82) is 0 Å². The molecule has 4 nitrogen and oxygen atoms in total. The molecule has 1 saturated carbocycles. The van der Waals surface area contributed by atoms with Crippen LogP contribution in [0.5, 0.6) is 0 Å². The summed E-state index contributed by atoms with van der Waals surface area (Å²) in [4.78, 5) is 16.3. The molecule has 138 valence electrons. The molecule has 2 N–H and O–H groups in total. The van der Waals surface area contributed by atoms with Gasteiger partial charge in [-0.05, 0) is 49.9 Å². The van der Waals surface area contributed by atoms with Gasteiger partial charge in [0, 0.05) is 11.7 Å². The van der Waals surface area contributed by atoms with E-state index in [0.717, 1.165) is 38.3 Å². The van der Waals surface area contributed by atoms with Crippen LogP contribution in [0.25, 0.3) is 0 Å². The third-order valence-corrected chi connectivity index (χ3v) is 6.04. The highest BCUT2D eigenvalue weighted by Gasteiger charge is 2.31. The van der Waals surface area contributed by atoms with Crippen molar-refractivity contribution in [3.8, 4) is 0 Å². The van der Waals surface area contributed by atoms with Crippen molar-refractivity contribution in [2.45, 2.75) is 51.6 Å². The minimum atomic E-state index is -0.199. The van der Waals surface area contributed by atoms with E-state index in [9.17, 15) is 9.18 Å². The van der Waals surface area contributed by atoms with Gasteiger partial charge in [-0.2, -0.15) is 0 Å². The van der Waals surface area contributed by atoms with Crippen LogP contribution >= 0.6 is 0 Å². The Morgan fingerprint density at radius 1 is 1.20 bits per heavy atom. The smallest absolute Gasteiger partial charge is 0.278 e. The number of amides is 1. The molecule has 1 aromatic rings. The van der Waals surface area contributed by atoms with Crippen molar-refractivity contribution in [2.24, 2.45) is 5.92 Å². The standard InChI is InChI=1S/C20H30FN3O/c1-15-5-3-4-6-19(15)22-20(25)16(2)23-11-13-24(14-12-23)18-9-7-17(21)8-10-18/h7-10,15-16,19H,3-6,11-14H2,1-2H3,(H,22,25)/p+1/t15-,16-,19+/m1/s1. The van der Waals surface area contributed by atoms with Gasteiger partial charge in [-0.25, -0.2) is 4.39 Å². The first kappa shape index (κ1) is 18.2. The lowest BCUT2D eigenvalue weighted by atomic mass is 9.86. The van der Waals surface area contributed by atoms with Crippen LogP contribution in [-0.4, -0.2) is 44.2 Å². The molecule has 0 radical (unpaired) electrons. The quantitative estimate of drug-likeness (QED) is 0.867. The Balaban J connectivity index is 1.49. The number of rotatable bonds is 4. The van der Waals surface area contributed by atoms with Crippen LogP contribution in [0.15, 0.2) is 24.3 Å². The first-order valence-electron chi connectivity index (χ1n) is 9.70. The fourth-order valence-corrected chi connectivity index (χ4v) is 4.16. The molecule has 3 rings (SSSR count). The van der Waals surface area contributed by atoms with E-state index in [4.69, 9.17) is 0 Å². The molecule has 0 bridgehead atoms. The lowest BCUT2D eigenvalue weighted by Crippen LogP contribution is -3.19. The summed E-state index contributed by atoms with van der Waals surface area (Å²) in [6, 6.07) is 7.03. The van der Waals surface area contributed by atoms with Crippen molar-refractivity contribution >= 4 is 11.6 Å². The summed E-state index contributed by atoms with van der Waals surface area (Å²) in [6.07, 6.45) is 4.86. The van der Waals surface area contributed by atoms with Crippen molar-refractivity contribution in [1.82, 2.24) is 5.32 Å². The van der Waals surface area contributed by atoms with Gasteiger partial charge in [-0.1, -0.05) is 19.8 Å². The van der Waals surface area contributed by atoms with Crippen LogP contribution in [0, 0.1) is 11.7 Å². The highest BCUT2D eigenvalue weighted by atomic mass is 19.1. The second kappa shape index (κ2) is 8.17. The van der Waals surface area contributed by atoms with E-state index >= 15 is 0 Å². The molecule has 1 amide bonds. The summed E-state index contributed by atoms with van der Waals surface area (Å²) in [7, 11) is 0. The summed E-state index contributed by atoms with van der Waals surface area (Å²) in [5, 5.41) is 3.30. The molecule has 1 aromatic carbocycles. The Morgan fingerprint density at radius 2 is 1.84 bits per heavy atom. The summed E-state index contributed by atoms with van der Waals surface area (Å²) in [5.74, 6) is 0.592. The van der Waals surface area contributed by atoms with Gasteiger partial charge >= 0.3 is 0 Å². The van der Waals surface area contributed by atoms with Gasteiger partial charge in [-0.15, -0.1) is 0 Å². The third kappa shape index (κ3) is 4.51. The first-order valence-corrected chi connectivity index (χ1v) is 9.70. The number of hydrogen-bond donors (Lipinski definition) is 2. The SMILES string of the molecule is C[C@@H]1CCCC[C@@H]1NC(=O)[C@@H](C)[NH+]1CCN(c2ccc(F)cc2)CC1. The molecule has 0 aromatic heterocycles. The summed E-state index contributed by atoms with van der Waals surface area (Å²) < 4.78 is 13.1. The van der Waals surface area contributed by atoms with E-state index in [-0.39, 0.29) is 17.8 Å². The number of anilines is 1. The average molecular weight is 348 g/mol. The van der Waals surface area contributed by atoms with E-state index in [1.54, 1.807) is 0 Å². The zero-order valence-electron chi connectivity index (χ0n) is 15.4. The number of nitrogens with zero attached hydrogens (tertiary/aromatic N) is 1. The topological polar surface area (TPSA) is 36.8 Å². The Hall–Kier alpha value is -1.62. The molecule has 2 aliphatic rings. The molecular weight excluding hydrogens is 317 g/mol. The van der Waals surface area contributed by atoms with Gasteiger partial charge in [0.1, 0.15) is 5.82 Å². The molecule has 0 unspecified atom stereocenters. The number of nitrogens with one attached hydrogen (secondary N) is 2. The van der Waals surface area contributed by atoms with Gasteiger partial charge < -0.3 is 15.1 Å². The van der Waals surface area contributed by atoms with Crippen molar-refractivity contribution in [3.05, 3.63) is 30.1 Å². The van der Waals surface area contributed by atoms with Gasteiger partial charge in [0.15, 0.2) is 6.04 Å². The maximum atomic E-state index is 13.1. The third-order valence-electron chi connectivity index (χ3n) is 6.04. The number of carbonyl (C=O) groups is 1. The monoisotopic (exact) mass is 348 g/mol. The fourth-order valence-electron chi connectivity index (χ4n) is 4.16. The largest absolute Gasteiger partial charge is 0.360 e. The Kier molecular flexibility index (Phi) is 5.94. The number of halogens is 1. The summed E-state index contributed by atoms with van der Waals surface area (Å²) in [5.41, 5.74) is 1.06. The highest BCUT2D eigenvalue weighted by Crippen LogP contribution is 2.23. The van der Waals surface area contributed by atoms with Gasteiger partial charge in [0.05, 0.1) is 26.2 Å². The molecule has 3 atom stereocenters. The molecular formula is C20H31FN3O+. The molecule has 0 spiro atoms. The number of benzene rings is 1. The maximum absolute atomic E-state index is 13.1. The Bertz CT molecular complexity index is 569. The predicted molar refractivity (Wildman–Crippen MR) is 98.3 cm³/mol. The Labute approximate surface area is 150 Å².